The zero-order chi connectivity index (χ0) is 24.2. The van der Waals surface area contributed by atoms with Gasteiger partial charge in [0.15, 0.2) is 0 Å². The topological polar surface area (TPSA) is 36.4 Å². The Bertz CT molecular complexity index is 1280. The summed E-state index contributed by atoms with van der Waals surface area (Å²) in [4.78, 5) is 22.8. The molecule has 3 heterocycles. The average Bonchev–Trinajstić information content (AvgIpc) is 3.43. The molecule has 180 valence electrons. The third-order valence-corrected chi connectivity index (χ3v) is 8.10. The van der Waals surface area contributed by atoms with Gasteiger partial charge in [-0.3, -0.25) is 14.7 Å². The Kier molecular flexibility index (Phi) is 7.21. The molecule has 0 N–H and O–H groups in total. The molecule has 0 spiro atoms. The standard InChI is InChI=1S/C29H30FN3OS/c1-32(29(34)28-12-6-18-35-28)27(19-22-7-2-3-10-25(22)30)21-13-16-33(17-14-21)20-23-8-4-11-26-24(23)9-5-15-31-26/h2-12,15,18,21,27H,13-14,16-17,19-20H2,1H3. The number of amides is 1. The number of hydrogen-bond donors (Lipinski definition) is 0. The zero-order valence-corrected chi connectivity index (χ0v) is 20.8. The van der Waals surface area contributed by atoms with Crippen LogP contribution in [0.5, 0.6) is 0 Å². The first-order valence-corrected chi connectivity index (χ1v) is 13.1. The van der Waals surface area contributed by atoms with Crippen LogP contribution in [0.4, 0.5) is 4.39 Å². The van der Waals surface area contributed by atoms with Gasteiger partial charge in [0.1, 0.15) is 5.82 Å². The molecular formula is C29H30FN3OS. The highest BCUT2D eigenvalue weighted by Crippen LogP contribution is 2.30. The monoisotopic (exact) mass is 487 g/mol. The number of nitrogens with zero attached hydrogens (tertiary/aromatic N) is 3. The van der Waals surface area contributed by atoms with Crippen LogP contribution >= 0.6 is 11.3 Å². The second-order valence-corrected chi connectivity index (χ2v) is 10.3. The average molecular weight is 488 g/mol. The molecule has 6 heteroatoms. The SMILES string of the molecule is CN(C(=O)c1cccs1)C(Cc1ccccc1F)C1CCN(Cc2cccc3ncccc23)CC1. The summed E-state index contributed by atoms with van der Waals surface area (Å²) in [6.07, 6.45) is 4.32. The molecule has 1 saturated heterocycles. The predicted molar refractivity (Wildman–Crippen MR) is 140 cm³/mol. The van der Waals surface area contributed by atoms with E-state index in [1.807, 2.05) is 53.9 Å². The summed E-state index contributed by atoms with van der Waals surface area (Å²) in [5, 5.41) is 3.13. The lowest BCUT2D eigenvalue weighted by Gasteiger charge is -2.40. The second-order valence-electron chi connectivity index (χ2n) is 9.36. The number of thiophene rings is 1. The molecule has 0 radical (unpaired) electrons. The van der Waals surface area contributed by atoms with Crippen molar-refractivity contribution in [3.63, 3.8) is 0 Å². The molecule has 1 unspecified atom stereocenters. The fraction of sp³-hybridized carbons (Fsp3) is 0.310. The normalized spacial score (nSPS) is 15.8. The van der Waals surface area contributed by atoms with E-state index >= 15 is 0 Å². The lowest BCUT2D eigenvalue weighted by atomic mass is 9.84. The minimum Gasteiger partial charge on any atom is -0.337 e. The Labute approximate surface area is 210 Å². The van der Waals surface area contributed by atoms with Gasteiger partial charge in [-0.25, -0.2) is 4.39 Å². The quantitative estimate of drug-likeness (QED) is 0.319. The molecule has 2 aromatic carbocycles. The van der Waals surface area contributed by atoms with Gasteiger partial charge >= 0.3 is 0 Å². The maximum Gasteiger partial charge on any atom is 0.263 e. The lowest BCUT2D eigenvalue weighted by molar-refractivity contribution is 0.0588. The van der Waals surface area contributed by atoms with E-state index in [2.05, 4.69) is 34.1 Å². The third kappa shape index (κ3) is 5.29. The lowest BCUT2D eigenvalue weighted by Crippen LogP contribution is -2.47. The van der Waals surface area contributed by atoms with Crippen LogP contribution in [0.3, 0.4) is 0 Å². The number of benzene rings is 2. The Balaban J connectivity index is 1.31. The van der Waals surface area contributed by atoms with Crippen molar-refractivity contribution in [3.05, 3.63) is 100 Å². The van der Waals surface area contributed by atoms with Gasteiger partial charge in [0, 0.05) is 31.2 Å². The van der Waals surface area contributed by atoms with Gasteiger partial charge in [-0.15, -0.1) is 11.3 Å². The number of fused-ring (bicyclic) bond motifs is 1. The van der Waals surface area contributed by atoms with E-state index in [0.717, 1.165) is 42.9 Å². The Morgan fingerprint density at radius 3 is 2.63 bits per heavy atom. The summed E-state index contributed by atoms with van der Waals surface area (Å²) in [6, 6.07) is 21.1. The molecule has 0 saturated carbocycles. The molecule has 4 aromatic rings. The summed E-state index contributed by atoms with van der Waals surface area (Å²) in [5.74, 6) is 0.137. The molecule has 1 amide bonds. The Morgan fingerprint density at radius 2 is 1.86 bits per heavy atom. The van der Waals surface area contributed by atoms with E-state index in [-0.39, 0.29) is 17.8 Å². The molecule has 0 aliphatic carbocycles. The van der Waals surface area contributed by atoms with Crippen molar-refractivity contribution in [2.45, 2.75) is 31.8 Å². The van der Waals surface area contributed by atoms with Gasteiger partial charge in [0.25, 0.3) is 5.91 Å². The highest BCUT2D eigenvalue weighted by Gasteiger charge is 2.32. The van der Waals surface area contributed by atoms with Gasteiger partial charge < -0.3 is 4.90 Å². The molecule has 1 aliphatic rings. The molecule has 5 rings (SSSR count). The first-order valence-electron chi connectivity index (χ1n) is 12.2. The van der Waals surface area contributed by atoms with Crippen molar-refractivity contribution in [1.29, 1.82) is 0 Å². The summed E-state index contributed by atoms with van der Waals surface area (Å²) >= 11 is 1.46. The number of hydrogen-bond acceptors (Lipinski definition) is 4. The van der Waals surface area contributed by atoms with Crippen LogP contribution in [0.1, 0.15) is 33.6 Å². The first-order chi connectivity index (χ1) is 17.1. The number of halogens is 1. The smallest absolute Gasteiger partial charge is 0.263 e. The molecule has 1 fully saturated rings. The van der Waals surface area contributed by atoms with Crippen molar-refractivity contribution in [3.8, 4) is 0 Å². The molecule has 0 bridgehead atoms. The Hall–Kier alpha value is -3.09. The molecule has 1 aliphatic heterocycles. The van der Waals surface area contributed by atoms with Crippen LogP contribution in [-0.2, 0) is 13.0 Å². The summed E-state index contributed by atoms with van der Waals surface area (Å²) in [5.41, 5.74) is 2.99. The minimum absolute atomic E-state index is 0.0204. The van der Waals surface area contributed by atoms with Crippen LogP contribution in [0.2, 0.25) is 0 Å². The number of rotatable bonds is 7. The van der Waals surface area contributed by atoms with Crippen LogP contribution in [0.15, 0.2) is 78.3 Å². The number of pyridine rings is 1. The van der Waals surface area contributed by atoms with E-state index in [1.54, 1.807) is 6.07 Å². The molecule has 35 heavy (non-hydrogen) atoms. The number of likely N-dealkylation sites (N-methyl/N-ethyl adjacent to an activating group) is 1. The first kappa shape index (κ1) is 23.6. The number of piperidine rings is 1. The predicted octanol–water partition coefficient (Wildman–Crippen LogP) is 6.03. The van der Waals surface area contributed by atoms with Crippen LogP contribution < -0.4 is 0 Å². The number of carbonyl (C=O) groups is 1. The van der Waals surface area contributed by atoms with Crippen LogP contribution in [-0.4, -0.2) is 46.9 Å². The molecule has 2 aromatic heterocycles. The zero-order valence-electron chi connectivity index (χ0n) is 19.9. The van der Waals surface area contributed by atoms with Gasteiger partial charge in [0.2, 0.25) is 0 Å². The van der Waals surface area contributed by atoms with Crippen molar-refractivity contribution < 1.29 is 9.18 Å². The van der Waals surface area contributed by atoms with E-state index < -0.39 is 0 Å². The highest BCUT2D eigenvalue weighted by atomic mass is 32.1. The van der Waals surface area contributed by atoms with Gasteiger partial charge in [-0.2, -0.15) is 0 Å². The van der Waals surface area contributed by atoms with Crippen LogP contribution in [0.25, 0.3) is 10.9 Å². The largest absolute Gasteiger partial charge is 0.337 e. The maximum atomic E-state index is 14.6. The third-order valence-electron chi connectivity index (χ3n) is 7.24. The highest BCUT2D eigenvalue weighted by molar-refractivity contribution is 7.12. The van der Waals surface area contributed by atoms with Gasteiger partial charge in [-0.05, 0) is 79.0 Å². The summed E-state index contributed by atoms with van der Waals surface area (Å²) < 4.78 is 14.6. The minimum atomic E-state index is -0.198. The molecule has 4 nitrogen and oxygen atoms in total. The Morgan fingerprint density at radius 1 is 1.06 bits per heavy atom. The van der Waals surface area contributed by atoms with Crippen LogP contribution in [0, 0.1) is 11.7 Å². The van der Waals surface area contributed by atoms with Gasteiger partial charge in [-0.1, -0.05) is 42.5 Å². The number of aromatic nitrogens is 1. The molecule has 1 atom stereocenters. The van der Waals surface area contributed by atoms with E-state index in [1.165, 1.54) is 28.4 Å². The van der Waals surface area contributed by atoms with E-state index in [9.17, 15) is 9.18 Å². The number of likely N-dealkylation sites (tertiary alicyclic amines) is 1. The summed E-state index contributed by atoms with van der Waals surface area (Å²) in [6.45, 7) is 2.80. The maximum absolute atomic E-state index is 14.6. The second kappa shape index (κ2) is 10.7. The van der Waals surface area contributed by atoms with Crippen molar-refractivity contribution in [2.75, 3.05) is 20.1 Å². The fourth-order valence-electron chi connectivity index (χ4n) is 5.28. The van der Waals surface area contributed by atoms with Crippen molar-refractivity contribution in [1.82, 2.24) is 14.8 Å². The number of carbonyl (C=O) groups excluding carboxylic acids is 1. The van der Waals surface area contributed by atoms with E-state index in [4.69, 9.17) is 0 Å². The van der Waals surface area contributed by atoms with Crippen molar-refractivity contribution in [2.24, 2.45) is 5.92 Å². The van der Waals surface area contributed by atoms with E-state index in [0.29, 0.717) is 17.9 Å². The van der Waals surface area contributed by atoms with Crippen molar-refractivity contribution >= 4 is 28.1 Å². The fourth-order valence-corrected chi connectivity index (χ4v) is 5.98. The van der Waals surface area contributed by atoms with Gasteiger partial charge in [0.05, 0.1) is 10.4 Å². The summed E-state index contributed by atoms with van der Waals surface area (Å²) in [7, 11) is 1.88. The molecular weight excluding hydrogens is 457 g/mol.